The number of halogens is 1. The van der Waals surface area contributed by atoms with Gasteiger partial charge in [-0.1, -0.05) is 0 Å². The highest BCUT2D eigenvalue weighted by Gasteiger charge is 2.23. The molecule has 4 nitrogen and oxygen atoms in total. The Balaban J connectivity index is 0.00000180. The summed E-state index contributed by atoms with van der Waals surface area (Å²) in [6, 6.07) is 0. The summed E-state index contributed by atoms with van der Waals surface area (Å²) in [6.07, 6.45) is 4.71. The Morgan fingerprint density at radius 1 is 1.53 bits per heavy atom. The normalized spacial score (nSPS) is 15.9. The first-order valence-corrected chi connectivity index (χ1v) is 7.35. The zero-order chi connectivity index (χ0) is 13.0. The van der Waals surface area contributed by atoms with E-state index in [-0.39, 0.29) is 18.3 Å². The number of nitrogens with zero attached hydrogens (tertiary/aromatic N) is 2. The second kappa shape index (κ2) is 7.82. The van der Waals surface area contributed by atoms with Gasteiger partial charge in [-0.05, 0) is 32.9 Å². The number of likely N-dealkylation sites (N-methyl/N-ethyl adjacent to an activating group) is 1. The van der Waals surface area contributed by atoms with Crippen molar-refractivity contribution < 1.29 is 4.79 Å². The molecule has 1 saturated heterocycles. The number of carbonyl (C=O) groups is 1. The van der Waals surface area contributed by atoms with Crippen LogP contribution < -0.4 is 5.32 Å². The lowest BCUT2D eigenvalue weighted by atomic mass is 9.97. The molecule has 6 heteroatoms. The van der Waals surface area contributed by atoms with E-state index < -0.39 is 0 Å². The third-order valence-electron chi connectivity index (χ3n) is 3.39. The standard InChI is InChI=1S/C13H21N3OS.ClH/c1-10-9-15-12(18-10)5-8-16(2)13(17)11-3-6-14-7-4-11;/h9,11,14H,3-8H2,1-2H3;1H. The number of carbonyl (C=O) groups excluding carboxylic acids is 1. The molecule has 2 rings (SSSR count). The van der Waals surface area contributed by atoms with Crippen LogP contribution in [0.1, 0.15) is 22.7 Å². The van der Waals surface area contributed by atoms with Crippen LogP contribution in [0, 0.1) is 12.8 Å². The quantitative estimate of drug-likeness (QED) is 0.924. The van der Waals surface area contributed by atoms with Gasteiger partial charge in [0.2, 0.25) is 5.91 Å². The summed E-state index contributed by atoms with van der Waals surface area (Å²) < 4.78 is 0. The second-order valence-electron chi connectivity index (χ2n) is 4.90. The lowest BCUT2D eigenvalue weighted by Gasteiger charge is -2.26. The van der Waals surface area contributed by atoms with Gasteiger partial charge in [-0.25, -0.2) is 4.98 Å². The topological polar surface area (TPSA) is 45.2 Å². The molecule has 1 fully saturated rings. The van der Waals surface area contributed by atoms with Gasteiger partial charge in [0.1, 0.15) is 0 Å². The van der Waals surface area contributed by atoms with Crippen molar-refractivity contribution in [3.05, 3.63) is 16.1 Å². The highest BCUT2D eigenvalue weighted by atomic mass is 35.5. The third-order valence-corrected chi connectivity index (χ3v) is 4.37. The maximum Gasteiger partial charge on any atom is 0.225 e. The second-order valence-corrected chi connectivity index (χ2v) is 6.22. The fourth-order valence-corrected chi connectivity index (χ4v) is 3.05. The van der Waals surface area contributed by atoms with Crippen molar-refractivity contribution in [2.24, 2.45) is 5.92 Å². The maximum absolute atomic E-state index is 12.2. The number of aryl methyl sites for hydroxylation is 1. The monoisotopic (exact) mass is 303 g/mol. The Kier molecular flexibility index (Phi) is 6.75. The van der Waals surface area contributed by atoms with Crippen molar-refractivity contribution >= 4 is 29.7 Å². The average molecular weight is 304 g/mol. The van der Waals surface area contributed by atoms with Gasteiger partial charge in [-0.2, -0.15) is 0 Å². The first kappa shape index (κ1) is 16.4. The maximum atomic E-state index is 12.2. The Morgan fingerprint density at radius 2 is 2.21 bits per heavy atom. The van der Waals surface area contributed by atoms with E-state index in [9.17, 15) is 4.79 Å². The van der Waals surface area contributed by atoms with Crippen molar-refractivity contribution in [1.29, 1.82) is 0 Å². The summed E-state index contributed by atoms with van der Waals surface area (Å²) in [5.74, 6) is 0.513. The van der Waals surface area contributed by atoms with Crippen LogP contribution in [-0.2, 0) is 11.2 Å². The molecule has 0 unspecified atom stereocenters. The van der Waals surface area contributed by atoms with Gasteiger partial charge in [0.25, 0.3) is 0 Å². The van der Waals surface area contributed by atoms with E-state index in [1.807, 2.05) is 18.1 Å². The highest BCUT2D eigenvalue weighted by Crippen LogP contribution is 2.16. The predicted octanol–water partition coefficient (Wildman–Crippen LogP) is 1.87. The van der Waals surface area contributed by atoms with Gasteiger partial charge < -0.3 is 10.2 Å². The van der Waals surface area contributed by atoms with Gasteiger partial charge in [0.15, 0.2) is 0 Å². The lowest BCUT2D eigenvalue weighted by molar-refractivity contribution is -0.134. The van der Waals surface area contributed by atoms with E-state index in [0.29, 0.717) is 5.91 Å². The minimum atomic E-state index is 0. The Labute approximate surface area is 125 Å². The highest BCUT2D eigenvalue weighted by molar-refractivity contribution is 7.11. The van der Waals surface area contributed by atoms with E-state index in [0.717, 1.165) is 43.9 Å². The molecule has 0 spiro atoms. The van der Waals surface area contributed by atoms with Crippen molar-refractivity contribution in [2.45, 2.75) is 26.2 Å². The first-order valence-electron chi connectivity index (χ1n) is 6.54. The smallest absolute Gasteiger partial charge is 0.225 e. The molecule has 0 atom stereocenters. The van der Waals surface area contributed by atoms with Gasteiger partial charge in [-0.15, -0.1) is 23.7 Å². The van der Waals surface area contributed by atoms with Gasteiger partial charge in [0.05, 0.1) is 5.01 Å². The molecule has 2 heterocycles. The first-order chi connectivity index (χ1) is 8.66. The number of nitrogens with one attached hydrogen (secondary N) is 1. The summed E-state index contributed by atoms with van der Waals surface area (Å²) in [6.45, 7) is 4.77. The lowest BCUT2D eigenvalue weighted by Crippen LogP contribution is -2.39. The third kappa shape index (κ3) is 4.75. The predicted molar refractivity (Wildman–Crippen MR) is 81.0 cm³/mol. The van der Waals surface area contributed by atoms with Gasteiger partial charge in [0, 0.05) is 37.0 Å². The van der Waals surface area contributed by atoms with E-state index in [1.165, 1.54) is 4.88 Å². The molecular formula is C13H22ClN3OS. The van der Waals surface area contributed by atoms with Crippen LogP contribution in [0.4, 0.5) is 0 Å². The average Bonchev–Trinajstić information content (AvgIpc) is 2.82. The van der Waals surface area contributed by atoms with Gasteiger partial charge >= 0.3 is 0 Å². The molecule has 19 heavy (non-hydrogen) atoms. The molecule has 0 aromatic carbocycles. The van der Waals surface area contributed by atoms with Gasteiger partial charge in [-0.3, -0.25) is 4.79 Å². The summed E-state index contributed by atoms with van der Waals surface area (Å²) in [7, 11) is 1.91. The Bertz CT molecular complexity index is 404. The number of amides is 1. The molecule has 0 aliphatic carbocycles. The number of rotatable bonds is 4. The number of hydrogen-bond acceptors (Lipinski definition) is 4. The van der Waals surface area contributed by atoms with Crippen LogP contribution in [-0.4, -0.2) is 42.5 Å². The van der Waals surface area contributed by atoms with Crippen molar-refractivity contribution in [1.82, 2.24) is 15.2 Å². The summed E-state index contributed by atoms with van der Waals surface area (Å²) >= 11 is 1.72. The van der Waals surface area contributed by atoms with Crippen molar-refractivity contribution in [3.63, 3.8) is 0 Å². The van der Waals surface area contributed by atoms with E-state index >= 15 is 0 Å². The zero-order valence-electron chi connectivity index (χ0n) is 11.5. The fourth-order valence-electron chi connectivity index (χ4n) is 2.27. The molecule has 1 aliphatic heterocycles. The molecule has 0 radical (unpaired) electrons. The Hall–Kier alpha value is -0.650. The van der Waals surface area contributed by atoms with Crippen LogP contribution in [0.5, 0.6) is 0 Å². The zero-order valence-corrected chi connectivity index (χ0v) is 13.1. The number of hydrogen-bond donors (Lipinski definition) is 1. The molecule has 1 aromatic rings. The molecular weight excluding hydrogens is 282 g/mol. The molecule has 1 N–H and O–H groups in total. The summed E-state index contributed by atoms with van der Waals surface area (Å²) in [5.41, 5.74) is 0. The largest absolute Gasteiger partial charge is 0.345 e. The number of piperidine rings is 1. The van der Waals surface area contributed by atoms with E-state index in [2.05, 4.69) is 17.2 Å². The minimum Gasteiger partial charge on any atom is -0.345 e. The number of aromatic nitrogens is 1. The molecule has 1 aliphatic rings. The van der Waals surface area contributed by atoms with Crippen LogP contribution in [0.3, 0.4) is 0 Å². The minimum absolute atomic E-state index is 0. The Morgan fingerprint density at radius 3 is 2.79 bits per heavy atom. The van der Waals surface area contributed by atoms with Crippen molar-refractivity contribution in [2.75, 3.05) is 26.7 Å². The van der Waals surface area contributed by atoms with Crippen molar-refractivity contribution in [3.8, 4) is 0 Å². The molecule has 1 amide bonds. The number of thiazole rings is 1. The van der Waals surface area contributed by atoms with Crippen LogP contribution >= 0.6 is 23.7 Å². The SMILES string of the molecule is Cc1cnc(CCN(C)C(=O)C2CCNCC2)s1.Cl. The molecule has 0 bridgehead atoms. The van der Waals surface area contributed by atoms with E-state index in [1.54, 1.807) is 11.3 Å². The summed E-state index contributed by atoms with van der Waals surface area (Å²) in [5, 5.41) is 4.41. The van der Waals surface area contributed by atoms with Crippen LogP contribution in [0.2, 0.25) is 0 Å². The van der Waals surface area contributed by atoms with Crippen LogP contribution in [0.25, 0.3) is 0 Å². The van der Waals surface area contributed by atoms with Crippen LogP contribution in [0.15, 0.2) is 6.20 Å². The molecule has 108 valence electrons. The fraction of sp³-hybridized carbons (Fsp3) is 0.692. The van der Waals surface area contributed by atoms with E-state index in [4.69, 9.17) is 0 Å². The summed E-state index contributed by atoms with van der Waals surface area (Å²) in [4.78, 5) is 19.6. The molecule has 0 saturated carbocycles. The molecule has 1 aromatic heterocycles.